The third kappa shape index (κ3) is 2.56. The first-order valence-corrected chi connectivity index (χ1v) is 7.71. The number of hydrogen-bond donors (Lipinski definition) is 1. The first-order valence-electron chi connectivity index (χ1n) is 6.48. The van der Waals surface area contributed by atoms with Crippen LogP contribution in [0.2, 0.25) is 0 Å². The van der Waals surface area contributed by atoms with Gasteiger partial charge in [-0.2, -0.15) is 0 Å². The van der Waals surface area contributed by atoms with Gasteiger partial charge in [-0.05, 0) is 36.8 Å². The first kappa shape index (κ1) is 13.2. The molecular formula is C14H15N3O2S. The Bertz CT molecular complexity index is 632. The van der Waals surface area contributed by atoms with Crippen LogP contribution in [-0.2, 0) is 6.54 Å². The lowest BCUT2D eigenvalue weighted by atomic mass is 10.2. The molecule has 0 radical (unpaired) electrons. The molecule has 1 heterocycles. The van der Waals surface area contributed by atoms with Crippen LogP contribution >= 0.6 is 11.8 Å². The first-order chi connectivity index (χ1) is 9.69. The largest absolute Gasteiger partial charge is 0.476 e. The molecule has 0 amide bonds. The van der Waals surface area contributed by atoms with E-state index in [1.54, 1.807) is 16.4 Å². The summed E-state index contributed by atoms with van der Waals surface area (Å²) in [4.78, 5) is 12.4. The maximum Gasteiger partial charge on any atom is 0.358 e. The Hall–Kier alpha value is -1.82. The van der Waals surface area contributed by atoms with Crippen LogP contribution in [0.5, 0.6) is 0 Å². The highest BCUT2D eigenvalue weighted by Crippen LogP contribution is 2.41. The fourth-order valence-corrected chi connectivity index (χ4v) is 2.66. The van der Waals surface area contributed by atoms with Crippen LogP contribution in [0.3, 0.4) is 0 Å². The number of rotatable bonds is 5. The molecule has 0 saturated heterocycles. The summed E-state index contributed by atoms with van der Waals surface area (Å²) in [6.07, 6.45) is 4.09. The predicted octanol–water partition coefficient (Wildman–Crippen LogP) is 2.62. The molecule has 2 aromatic rings. The van der Waals surface area contributed by atoms with Gasteiger partial charge in [-0.25, -0.2) is 9.48 Å². The molecule has 1 aromatic carbocycles. The molecule has 20 heavy (non-hydrogen) atoms. The Morgan fingerprint density at radius 1 is 1.40 bits per heavy atom. The summed E-state index contributed by atoms with van der Waals surface area (Å²) < 4.78 is 1.73. The molecule has 1 saturated carbocycles. The molecule has 104 valence electrons. The number of carboxylic acids is 1. The average molecular weight is 289 g/mol. The van der Waals surface area contributed by atoms with Crippen molar-refractivity contribution < 1.29 is 9.90 Å². The van der Waals surface area contributed by atoms with Crippen LogP contribution in [-0.4, -0.2) is 32.3 Å². The maximum atomic E-state index is 11.2. The number of thioether (sulfide) groups is 1. The molecule has 0 bridgehead atoms. The fraction of sp³-hybridized carbons (Fsp3) is 0.357. The third-order valence-electron chi connectivity index (χ3n) is 3.43. The van der Waals surface area contributed by atoms with E-state index in [0.717, 1.165) is 24.1 Å². The van der Waals surface area contributed by atoms with Gasteiger partial charge in [-0.1, -0.05) is 17.3 Å². The van der Waals surface area contributed by atoms with Crippen molar-refractivity contribution >= 4 is 17.7 Å². The van der Waals surface area contributed by atoms with Gasteiger partial charge in [0.05, 0.1) is 12.2 Å². The number of benzene rings is 1. The lowest BCUT2D eigenvalue weighted by Crippen LogP contribution is -2.08. The van der Waals surface area contributed by atoms with Crippen LogP contribution < -0.4 is 0 Å². The molecular weight excluding hydrogens is 274 g/mol. The van der Waals surface area contributed by atoms with Crippen molar-refractivity contribution in [3.63, 3.8) is 0 Å². The summed E-state index contributed by atoms with van der Waals surface area (Å²) in [5.41, 5.74) is 1.98. The van der Waals surface area contributed by atoms with Gasteiger partial charge < -0.3 is 5.11 Å². The molecule has 0 unspecified atom stereocenters. The quantitative estimate of drug-likeness (QED) is 0.857. The van der Waals surface area contributed by atoms with Crippen molar-refractivity contribution in [2.45, 2.75) is 30.2 Å². The van der Waals surface area contributed by atoms with E-state index in [-0.39, 0.29) is 5.69 Å². The molecule has 0 spiro atoms. The van der Waals surface area contributed by atoms with Gasteiger partial charge in [0.15, 0.2) is 5.69 Å². The smallest absolute Gasteiger partial charge is 0.358 e. The minimum atomic E-state index is -0.990. The van der Waals surface area contributed by atoms with Crippen molar-refractivity contribution in [2.75, 3.05) is 6.26 Å². The number of nitrogens with zero attached hydrogens (tertiary/aromatic N) is 3. The van der Waals surface area contributed by atoms with Gasteiger partial charge in [0.2, 0.25) is 0 Å². The second-order valence-electron chi connectivity index (χ2n) is 4.91. The van der Waals surface area contributed by atoms with Gasteiger partial charge in [0, 0.05) is 10.8 Å². The molecule has 0 atom stereocenters. The van der Waals surface area contributed by atoms with Crippen molar-refractivity contribution in [1.29, 1.82) is 0 Å². The Kier molecular flexibility index (Phi) is 3.48. The van der Waals surface area contributed by atoms with Crippen molar-refractivity contribution in [3.05, 3.63) is 41.2 Å². The molecule has 6 heteroatoms. The summed E-state index contributed by atoms with van der Waals surface area (Å²) in [6.45, 7) is 0.570. The maximum absolute atomic E-state index is 11.2. The van der Waals surface area contributed by atoms with Crippen molar-refractivity contribution in [3.8, 4) is 0 Å². The summed E-state index contributed by atoms with van der Waals surface area (Å²) in [5.74, 6) is -0.683. The highest BCUT2D eigenvalue weighted by molar-refractivity contribution is 7.98. The van der Waals surface area contributed by atoms with E-state index >= 15 is 0 Å². The molecule has 1 fully saturated rings. The number of carboxylic acid groups (broad SMARTS) is 1. The second kappa shape index (κ2) is 5.28. The zero-order valence-electron chi connectivity index (χ0n) is 11.1. The summed E-state index contributed by atoms with van der Waals surface area (Å²) in [6, 6.07) is 8.22. The van der Waals surface area contributed by atoms with Crippen molar-refractivity contribution in [1.82, 2.24) is 15.0 Å². The molecule has 0 aliphatic heterocycles. The topological polar surface area (TPSA) is 68.0 Å². The minimum absolute atomic E-state index is 0.105. The predicted molar refractivity (Wildman–Crippen MR) is 76.3 cm³/mol. The lowest BCUT2D eigenvalue weighted by molar-refractivity contribution is 0.0689. The van der Waals surface area contributed by atoms with Crippen LogP contribution in [0.1, 0.15) is 40.5 Å². The van der Waals surface area contributed by atoms with E-state index in [9.17, 15) is 9.90 Å². The molecule has 1 aromatic heterocycles. The molecule has 3 rings (SSSR count). The molecule has 1 N–H and O–H groups in total. The van der Waals surface area contributed by atoms with Crippen LogP contribution in [0.25, 0.3) is 0 Å². The number of aromatic carboxylic acids is 1. The summed E-state index contributed by atoms with van der Waals surface area (Å²) >= 11 is 1.70. The number of carbonyl (C=O) groups is 1. The zero-order valence-corrected chi connectivity index (χ0v) is 11.9. The fourth-order valence-electron chi connectivity index (χ4n) is 2.25. The van der Waals surface area contributed by atoms with E-state index < -0.39 is 5.97 Å². The molecule has 1 aliphatic rings. The number of aromatic nitrogens is 3. The Balaban J connectivity index is 1.88. The van der Waals surface area contributed by atoms with E-state index in [2.05, 4.69) is 22.4 Å². The third-order valence-corrected chi connectivity index (χ3v) is 4.17. The highest BCUT2D eigenvalue weighted by Gasteiger charge is 2.33. The SMILES string of the molecule is CSc1ccc(Cn2nnc(C(=O)O)c2C2CC2)cc1. The summed E-state index contributed by atoms with van der Waals surface area (Å²) in [5, 5.41) is 17.0. The van der Waals surface area contributed by atoms with Gasteiger partial charge >= 0.3 is 5.97 Å². The molecule has 5 nitrogen and oxygen atoms in total. The standard InChI is InChI=1S/C14H15N3O2S/c1-20-11-6-2-9(3-7-11)8-17-13(10-4-5-10)12(14(18)19)15-16-17/h2-3,6-7,10H,4-5,8H2,1H3,(H,18,19). The van der Waals surface area contributed by atoms with Crippen molar-refractivity contribution in [2.24, 2.45) is 0 Å². The van der Waals surface area contributed by atoms with Crippen LogP contribution in [0.4, 0.5) is 0 Å². The number of hydrogen-bond acceptors (Lipinski definition) is 4. The second-order valence-corrected chi connectivity index (χ2v) is 5.79. The average Bonchev–Trinajstić information content (AvgIpc) is 3.20. The van der Waals surface area contributed by atoms with Gasteiger partial charge in [0.25, 0.3) is 0 Å². The van der Waals surface area contributed by atoms with E-state index in [1.807, 2.05) is 18.4 Å². The van der Waals surface area contributed by atoms with E-state index in [0.29, 0.717) is 12.5 Å². The van der Waals surface area contributed by atoms with Gasteiger partial charge in [-0.15, -0.1) is 16.9 Å². The summed E-state index contributed by atoms with van der Waals surface area (Å²) in [7, 11) is 0. The van der Waals surface area contributed by atoms with Crippen LogP contribution in [0, 0.1) is 0 Å². The zero-order chi connectivity index (χ0) is 14.1. The Labute approximate surface area is 121 Å². The van der Waals surface area contributed by atoms with Gasteiger partial charge in [0.1, 0.15) is 0 Å². The minimum Gasteiger partial charge on any atom is -0.476 e. The Morgan fingerprint density at radius 3 is 2.65 bits per heavy atom. The Morgan fingerprint density at radius 2 is 2.10 bits per heavy atom. The highest BCUT2D eigenvalue weighted by atomic mass is 32.2. The van der Waals surface area contributed by atoms with E-state index in [4.69, 9.17) is 0 Å². The molecule has 1 aliphatic carbocycles. The van der Waals surface area contributed by atoms with Crippen LogP contribution in [0.15, 0.2) is 29.2 Å². The normalized spacial score (nSPS) is 14.4. The monoisotopic (exact) mass is 289 g/mol. The van der Waals surface area contributed by atoms with Gasteiger partial charge in [-0.3, -0.25) is 0 Å². The lowest BCUT2D eigenvalue weighted by Gasteiger charge is -2.06. The van der Waals surface area contributed by atoms with E-state index in [1.165, 1.54) is 4.90 Å².